The molecule has 115 valence electrons. The predicted molar refractivity (Wildman–Crippen MR) is 76.7 cm³/mol. The van der Waals surface area contributed by atoms with Crippen LogP contribution in [-0.4, -0.2) is 22.2 Å². The molecule has 4 nitrogen and oxygen atoms in total. The standard InChI is InChI=1S/C9H11NO3.C7H6.Cu/c10-8(9(12)13)5-6-1-3-7(11)4-2-6;1-2-4-7-5-6(7)3-1;/h1-4,8,11H,5,10H2,(H,12,13);1-4H,5H2;/t8-;;/m1../s1. The molecule has 0 saturated carbocycles. The Kier molecular flexibility index (Phi) is 6.43. The third kappa shape index (κ3) is 5.60. The molecular formula is C16H17CuNO3. The number of carbonyl (C=O) groups is 1. The second kappa shape index (κ2) is 7.84. The van der Waals surface area contributed by atoms with Gasteiger partial charge in [0.05, 0.1) is 0 Å². The van der Waals surface area contributed by atoms with Crippen LogP contribution in [0.1, 0.15) is 16.7 Å². The molecule has 2 aromatic carbocycles. The number of carboxylic acid groups (broad SMARTS) is 1. The molecule has 0 aromatic heterocycles. The minimum absolute atomic E-state index is 0. The summed E-state index contributed by atoms with van der Waals surface area (Å²) in [6.07, 6.45) is 1.52. The Bertz CT molecular complexity index is 578. The quantitative estimate of drug-likeness (QED) is 0.639. The molecule has 1 radical (unpaired) electrons. The van der Waals surface area contributed by atoms with Gasteiger partial charge in [-0.15, -0.1) is 0 Å². The van der Waals surface area contributed by atoms with E-state index in [0.717, 1.165) is 5.56 Å². The zero-order valence-corrected chi connectivity index (χ0v) is 12.2. The summed E-state index contributed by atoms with van der Waals surface area (Å²) in [5.41, 5.74) is 9.18. The zero-order valence-electron chi connectivity index (χ0n) is 11.3. The van der Waals surface area contributed by atoms with Crippen LogP contribution in [-0.2, 0) is 34.7 Å². The number of phenols is 1. The van der Waals surface area contributed by atoms with Gasteiger partial charge in [-0.2, -0.15) is 0 Å². The van der Waals surface area contributed by atoms with E-state index in [-0.39, 0.29) is 29.2 Å². The molecule has 2 aromatic rings. The van der Waals surface area contributed by atoms with Gasteiger partial charge in [0, 0.05) is 17.1 Å². The van der Waals surface area contributed by atoms with E-state index in [2.05, 4.69) is 24.3 Å². The first-order chi connectivity index (χ1) is 9.56. The Labute approximate surface area is 134 Å². The summed E-state index contributed by atoms with van der Waals surface area (Å²) in [5, 5.41) is 17.5. The maximum Gasteiger partial charge on any atom is 0.320 e. The smallest absolute Gasteiger partial charge is 0.320 e. The van der Waals surface area contributed by atoms with Crippen LogP contribution >= 0.6 is 0 Å². The van der Waals surface area contributed by atoms with Crippen LogP contribution in [0.25, 0.3) is 0 Å². The fraction of sp³-hybridized carbons (Fsp3) is 0.188. The molecule has 3 rings (SSSR count). The molecule has 0 heterocycles. The Morgan fingerprint density at radius 2 is 1.62 bits per heavy atom. The van der Waals surface area contributed by atoms with Gasteiger partial charge in [-0.1, -0.05) is 36.4 Å². The molecule has 0 fully saturated rings. The van der Waals surface area contributed by atoms with Crippen LogP contribution < -0.4 is 5.73 Å². The van der Waals surface area contributed by atoms with Crippen LogP contribution in [0, 0.1) is 0 Å². The summed E-state index contributed by atoms with van der Waals surface area (Å²) in [6.45, 7) is 0. The number of nitrogens with two attached hydrogens (primary N) is 1. The third-order valence-electron chi connectivity index (χ3n) is 3.08. The second-order valence-corrected chi connectivity index (χ2v) is 4.76. The summed E-state index contributed by atoms with van der Waals surface area (Å²) in [7, 11) is 0. The second-order valence-electron chi connectivity index (χ2n) is 4.76. The number of carboxylic acids is 1. The number of hydrogen-bond acceptors (Lipinski definition) is 3. The fourth-order valence-corrected chi connectivity index (χ4v) is 1.81. The van der Waals surface area contributed by atoms with Gasteiger partial charge in [-0.25, -0.2) is 0 Å². The van der Waals surface area contributed by atoms with Gasteiger partial charge in [0.1, 0.15) is 11.8 Å². The maximum absolute atomic E-state index is 10.4. The molecule has 0 unspecified atom stereocenters. The van der Waals surface area contributed by atoms with Gasteiger partial charge in [-0.3, -0.25) is 4.79 Å². The number of phenolic OH excluding ortho intramolecular Hbond substituents is 1. The first-order valence-corrected chi connectivity index (χ1v) is 6.39. The SMILES string of the molecule is N[C@H](Cc1ccc(O)cc1)C(=O)O.[Cu].c1ccc2c(c1)C2. The summed E-state index contributed by atoms with van der Waals surface area (Å²) in [4.78, 5) is 10.4. The van der Waals surface area contributed by atoms with E-state index in [0.29, 0.717) is 0 Å². The zero-order chi connectivity index (χ0) is 14.5. The molecule has 0 aliphatic heterocycles. The molecule has 0 spiro atoms. The van der Waals surface area contributed by atoms with Gasteiger partial charge in [0.15, 0.2) is 0 Å². The van der Waals surface area contributed by atoms with Crippen molar-refractivity contribution in [2.24, 2.45) is 5.73 Å². The molecule has 1 aliphatic rings. The van der Waals surface area contributed by atoms with Crippen molar-refractivity contribution in [1.29, 1.82) is 0 Å². The molecule has 1 atom stereocenters. The van der Waals surface area contributed by atoms with Crippen molar-refractivity contribution in [3.05, 3.63) is 65.2 Å². The fourth-order valence-electron chi connectivity index (χ4n) is 1.81. The monoisotopic (exact) mass is 334 g/mol. The number of aliphatic carboxylic acids is 1. The van der Waals surface area contributed by atoms with Crippen molar-refractivity contribution < 1.29 is 32.1 Å². The van der Waals surface area contributed by atoms with Gasteiger partial charge in [0.2, 0.25) is 0 Å². The molecule has 0 bridgehead atoms. The van der Waals surface area contributed by atoms with Gasteiger partial charge >= 0.3 is 5.97 Å². The molecule has 0 saturated heterocycles. The van der Waals surface area contributed by atoms with E-state index in [1.165, 1.54) is 29.7 Å². The van der Waals surface area contributed by atoms with E-state index < -0.39 is 12.0 Å². The van der Waals surface area contributed by atoms with Crippen molar-refractivity contribution in [3.63, 3.8) is 0 Å². The Morgan fingerprint density at radius 3 is 2.05 bits per heavy atom. The van der Waals surface area contributed by atoms with Crippen molar-refractivity contribution in [1.82, 2.24) is 0 Å². The molecular weight excluding hydrogens is 318 g/mol. The van der Waals surface area contributed by atoms with Crippen LogP contribution in [0.15, 0.2) is 48.5 Å². The van der Waals surface area contributed by atoms with Gasteiger partial charge < -0.3 is 15.9 Å². The Balaban J connectivity index is 0.000000231. The minimum atomic E-state index is -1.02. The van der Waals surface area contributed by atoms with E-state index >= 15 is 0 Å². The number of benzene rings is 2. The predicted octanol–water partition coefficient (Wildman–Crippen LogP) is 1.93. The van der Waals surface area contributed by atoms with Crippen LogP contribution in [0.2, 0.25) is 0 Å². The largest absolute Gasteiger partial charge is 0.508 e. The number of fused-ring (bicyclic) bond motifs is 1. The summed E-state index contributed by atoms with van der Waals surface area (Å²) < 4.78 is 0. The number of hydrogen-bond donors (Lipinski definition) is 3. The summed E-state index contributed by atoms with van der Waals surface area (Å²) in [6, 6.07) is 14.0. The average molecular weight is 335 g/mol. The molecule has 1 aliphatic carbocycles. The Morgan fingerprint density at radius 1 is 1.10 bits per heavy atom. The molecule has 4 N–H and O–H groups in total. The van der Waals surface area contributed by atoms with Gasteiger partial charge in [-0.05, 0) is 41.7 Å². The molecule has 0 amide bonds. The maximum atomic E-state index is 10.4. The first kappa shape index (κ1) is 17.2. The minimum Gasteiger partial charge on any atom is -0.508 e. The molecule has 21 heavy (non-hydrogen) atoms. The van der Waals surface area contributed by atoms with Crippen molar-refractivity contribution in [2.45, 2.75) is 18.9 Å². The van der Waals surface area contributed by atoms with Crippen LogP contribution in [0.4, 0.5) is 0 Å². The normalized spacial score (nSPS) is 12.0. The molecule has 5 heteroatoms. The number of aromatic hydroxyl groups is 1. The van der Waals surface area contributed by atoms with E-state index in [1.807, 2.05) is 0 Å². The van der Waals surface area contributed by atoms with Crippen LogP contribution in [0.3, 0.4) is 0 Å². The number of rotatable bonds is 3. The topological polar surface area (TPSA) is 83.5 Å². The summed E-state index contributed by atoms with van der Waals surface area (Å²) in [5.74, 6) is -0.860. The average Bonchev–Trinajstić information content (AvgIpc) is 3.21. The summed E-state index contributed by atoms with van der Waals surface area (Å²) >= 11 is 0. The first-order valence-electron chi connectivity index (χ1n) is 6.39. The van der Waals surface area contributed by atoms with E-state index in [1.54, 1.807) is 12.1 Å². The van der Waals surface area contributed by atoms with Crippen molar-refractivity contribution >= 4 is 5.97 Å². The van der Waals surface area contributed by atoms with Crippen molar-refractivity contribution in [3.8, 4) is 5.75 Å². The third-order valence-corrected chi connectivity index (χ3v) is 3.08. The van der Waals surface area contributed by atoms with E-state index in [4.69, 9.17) is 15.9 Å². The van der Waals surface area contributed by atoms with Crippen LogP contribution in [0.5, 0.6) is 5.75 Å². The van der Waals surface area contributed by atoms with E-state index in [9.17, 15) is 4.79 Å². The Hall–Kier alpha value is -1.81. The van der Waals surface area contributed by atoms with Gasteiger partial charge in [0.25, 0.3) is 0 Å². The van der Waals surface area contributed by atoms with Crippen molar-refractivity contribution in [2.75, 3.05) is 0 Å².